The summed E-state index contributed by atoms with van der Waals surface area (Å²) in [6.45, 7) is 1.96. The number of aliphatic hydroxyl groups excluding tert-OH is 2. The van der Waals surface area contributed by atoms with Crippen LogP contribution in [0, 0.1) is 0 Å². The molecule has 6 heteroatoms. The molecule has 1 aromatic rings. The number of hydrogen-bond acceptors (Lipinski definition) is 4. The molecule has 1 aliphatic rings. The molecule has 0 saturated carbocycles. The maximum atomic E-state index is 12.3. The Kier molecular flexibility index (Phi) is 4.25. The maximum absolute atomic E-state index is 12.3. The summed E-state index contributed by atoms with van der Waals surface area (Å²) in [5.41, 5.74) is 1.10. The Labute approximate surface area is 113 Å². The Balaban J connectivity index is 2.20. The first kappa shape index (κ1) is 14.5. The normalized spacial score (nSPS) is 24.8. The summed E-state index contributed by atoms with van der Waals surface area (Å²) >= 11 is 0. The molecule has 0 aliphatic carbocycles. The largest absolute Gasteiger partial charge is 0.389 e. The predicted molar refractivity (Wildman–Crippen MR) is 71.2 cm³/mol. The van der Waals surface area contributed by atoms with Crippen molar-refractivity contribution in [2.24, 2.45) is 0 Å². The van der Waals surface area contributed by atoms with Gasteiger partial charge in [0.05, 0.1) is 17.1 Å². The summed E-state index contributed by atoms with van der Waals surface area (Å²) in [5, 5.41) is 18.9. The zero-order chi connectivity index (χ0) is 14.0. The summed E-state index contributed by atoms with van der Waals surface area (Å²) in [6.07, 6.45) is -0.0822. The average Bonchev–Trinajstić information content (AvgIpc) is 2.71. The van der Waals surface area contributed by atoms with Gasteiger partial charge >= 0.3 is 0 Å². The predicted octanol–water partition coefficient (Wildman–Crippen LogP) is 0.365. The Hall–Kier alpha value is -0.950. The Morgan fingerprint density at radius 2 is 1.68 bits per heavy atom. The Morgan fingerprint density at radius 3 is 2.16 bits per heavy atom. The standard InChI is InChI=1S/C13H19NO4S/c1-2-3-10-4-6-11(7-5-10)19(17,18)14-8-12(15)13(16)9-14/h4-7,12-13,15-16H,2-3,8-9H2,1H3/t12-,13+. The van der Waals surface area contributed by atoms with Crippen LogP contribution in [0.4, 0.5) is 0 Å². The van der Waals surface area contributed by atoms with Gasteiger partial charge in [-0.25, -0.2) is 8.42 Å². The van der Waals surface area contributed by atoms with Crippen LogP contribution in [0.2, 0.25) is 0 Å². The van der Waals surface area contributed by atoms with E-state index in [1.807, 2.05) is 0 Å². The van der Waals surface area contributed by atoms with Gasteiger partial charge in [-0.05, 0) is 24.1 Å². The lowest BCUT2D eigenvalue weighted by atomic mass is 10.1. The number of benzene rings is 1. The van der Waals surface area contributed by atoms with Gasteiger partial charge in [-0.1, -0.05) is 25.5 Å². The number of rotatable bonds is 4. The van der Waals surface area contributed by atoms with Gasteiger partial charge in [0.15, 0.2) is 0 Å². The fourth-order valence-corrected chi connectivity index (χ4v) is 3.67. The molecule has 1 heterocycles. The van der Waals surface area contributed by atoms with Gasteiger partial charge in [0.25, 0.3) is 0 Å². The molecule has 1 aliphatic heterocycles. The summed E-state index contributed by atoms with van der Waals surface area (Å²) in [5.74, 6) is 0. The molecule has 0 spiro atoms. The van der Waals surface area contributed by atoms with Crippen molar-refractivity contribution in [1.82, 2.24) is 4.31 Å². The molecular formula is C13H19NO4S. The van der Waals surface area contributed by atoms with Crippen LogP contribution in [0.25, 0.3) is 0 Å². The van der Waals surface area contributed by atoms with E-state index >= 15 is 0 Å². The molecule has 2 rings (SSSR count). The zero-order valence-electron chi connectivity index (χ0n) is 10.9. The van der Waals surface area contributed by atoms with Crippen LogP contribution < -0.4 is 0 Å². The second-order valence-corrected chi connectivity index (χ2v) is 6.79. The lowest BCUT2D eigenvalue weighted by Gasteiger charge is -2.15. The summed E-state index contributed by atoms with van der Waals surface area (Å²) < 4.78 is 25.7. The second-order valence-electron chi connectivity index (χ2n) is 4.85. The lowest BCUT2D eigenvalue weighted by Crippen LogP contribution is -2.29. The maximum Gasteiger partial charge on any atom is 0.243 e. The number of aryl methyl sites for hydroxylation is 1. The zero-order valence-corrected chi connectivity index (χ0v) is 11.7. The van der Waals surface area contributed by atoms with E-state index in [0.29, 0.717) is 0 Å². The van der Waals surface area contributed by atoms with E-state index in [0.717, 1.165) is 22.7 Å². The minimum absolute atomic E-state index is 0.0553. The van der Waals surface area contributed by atoms with E-state index in [2.05, 4.69) is 6.92 Å². The van der Waals surface area contributed by atoms with Crippen LogP contribution in [-0.4, -0.2) is 48.2 Å². The monoisotopic (exact) mass is 285 g/mol. The van der Waals surface area contributed by atoms with Gasteiger partial charge in [0, 0.05) is 13.1 Å². The van der Waals surface area contributed by atoms with E-state index in [9.17, 15) is 18.6 Å². The van der Waals surface area contributed by atoms with Crippen molar-refractivity contribution in [2.45, 2.75) is 36.9 Å². The third-order valence-electron chi connectivity index (χ3n) is 3.33. The SMILES string of the molecule is CCCc1ccc(S(=O)(=O)N2C[C@@H](O)[C@@H](O)C2)cc1. The molecule has 0 bridgehead atoms. The summed E-state index contributed by atoms with van der Waals surface area (Å²) in [6, 6.07) is 6.77. The first-order valence-corrected chi connectivity index (χ1v) is 7.84. The number of sulfonamides is 1. The molecule has 1 aromatic carbocycles. The van der Waals surface area contributed by atoms with E-state index in [1.165, 1.54) is 0 Å². The van der Waals surface area contributed by atoms with Crippen LogP contribution in [0.15, 0.2) is 29.2 Å². The van der Waals surface area contributed by atoms with Crippen molar-refractivity contribution in [1.29, 1.82) is 0 Å². The molecule has 0 amide bonds. The first-order chi connectivity index (χ1) is 8.95. The van der Waals surface area contributed by atoms with Crippen molar-refractivity contribution < 1.29 is 18.6 Å². The second kappa shape index (κ2) is 5.58. The van der Waals surface area contributed by atoms with Crippen LogP contribution in [-0.2, 0) is 16.4 Å². The molecule has 0 aromatic heterocycles. The fraction of sp³-hybridized carbons (Fsp3) is 0.538. The van der Waals surface area contributed by atoms with Crippen molar-refractivity contribution >= 4 is 10.0 Å². The fourth-order valence-electron chi connectivity index (χ4n) is 2.20. The van der Waals surface area contributed by atoms with Gasteiger partial charge in [-0.2, -0.15) is 4.31 Å². The van der Waals surface area contributed by atoms with Crippen LogP contribution in [0.1, 0.15) is 18.9 Å². The molecule has 1 saturated heterocycles. The average molecular weight is 285 g/mol. The van der Waals surface area contributed by atoms with Gasteiger partial charge < -0.3 is 10.2 Å². The molecule has 0 radical (unpaired) electrons. The van der Waals surface area contributed by atoms with Crippen molar-refractivity contribution in [3.63, 3.8) is 0 Å². The van der Waals surface area contributed by atoms with Gasteiger partial charge in [-0.3, -0.25) is 0 Å². The Bertz CT molecular complexity index is 516. The highest BCUT2D eigenvalue weighted by molar-refractivity contribution is 7.89. The van der Waals surface area contributed by atoms with E-state index in [1.54, 1.807) is 24.3 Å². The summed E-state index contributed by atoms with van der Waals surface area (Å²) in [7, 11) is -3.62. The molecule has 2 atom stereocenters. The van der Waals surface area contributed by atoms with Crippen molar-refractivity contribution in [3.8, 4) is 0 Å². The molecule has 1 fully saturated rings. The molecule has 19 heavy (non-hydrogen) atoms. The quantitative estimate of drug-likeness (QED) is 0.837. The number of nitrogens with zero attached hydrogens (tertiary/aromatic N) is 1. The Morgan fingerprint density at radius 1 is 1.16 bits per heavy atom. The van der Waals surface area contributed by atoms with E-state index in [4.69, 9.17) is 0 Å². The topological polar surface area (TPSA) is 77.8 Å². The highest BCUT2D eigenvalue weighted by Crippen LogP contribution is 2.22. The first-order valence-electron chi connectivity index (χ1n) is 6.40. The van der Waals surface area contributed by atoms with E-state index < -0.39 is 22.2 Å². The minimum atomic E-state index is -3.62. The smallest absolute Gasteiger partial charge is 0.243 e. The third kappa shape index (κ3) is 2.97. The van der Waals surface area contributed by atoms with Crippen LogP contribution >= 0.6 is 0 Å². The molecule has 0 unspecified atom stereocenters. The minimum Gasteiger partial charge on any atom is -0.389 e. The highest BCUT2D eigenvalue weighted by atomic mass is 32.2. The van der Waals surface area contributed by atoms with Crippen LogP contribution in [0.3, 0.4) is 0 Å². The highest BCUT2D eigenvalue weighted by Gasteiger charge is 2.37. The number of aliphatic hydroxyl groups is 2. The molecule has 2 N–H and O–H groups in total. The molecule has 5 nitrogen and oxygen atoms in total. The van der Waals surface area contributed by atoms with Crippen LogP contribution in [0.5, 0.6) is 0 Å². The number of hydrogen-bond donors (Lipinski definition) is 2. The third-order valence-corrected chi connectivity index (χ3v) is 5.17. The van der Waals surface area contributed by atoms with E-state index in [-0.39, 0.29) is 18.0 Å². The van der Waals surface area contributed by atoms with Gasteiger partial charge in [-0.15, -0.1) is 0 Å². The molecule has 106 valence electrons. The molecular weight excluding hydrogens is 266 g/mol. The van der Waals surface area contributed by atoms with Crippen molar-refractivity contribution in [2.75, 3.05) is 13.1 Å². The summed E-state index contributed by atoms with van der Waals surface area (Å²) in [4.78, 5) is 0.202. The van der Waals surface area contributed by atoms with Gasteiger partial charge in [0.2, 0.25) is 10.0 Å². The van der Waals surface area contributed by atoms with Crippen molar-refractivity contribution in [3.05, 3.63) is 29.8 Å². The number of β-amino-alcohol motifs (C(OH)–C–C–N with tert-alkyl or cyclic N) is 2. The lowest BCUT2D eigenvalue weighted by molar-refractivity contribution is 0.0572. The van der Waals surface area contributed by atoms with Gasteiger partial charge in [0.1, 0.15) is 0 Å².